The molecule has 3 aromatic rings. The molecule has 0 unspecified atom stereocenters. The van der Waals surface area contributed by atoms with Gasteiger partial charge in [-0.1, -0.05) is 11.8 Å². The zero-order valence-corrected chi connectivity index (χ0v) is 13.0. The minimum atomic E-state index is -4.63. The second-order valence-corrected chi connectivity index (χ2v) is 5.86. The summed E-state index contributed by atoms with van der Waals surface area (Å²) in [5.41, 5.74) is 0.654. The van der Waals surface area contributed by atoms with Crippen LogP contribution in [0.2, 0.25) is 0 Å². The van der Waals surface area contributed by atoms with E-state index in [9.17, 15) is 18.0 Å². The molecule has 0 spiro atoms. The van der Waals surface area contributed by atoms with E-state index in [2.05, 4.69) is 20.6 Å². The molecule has 1 aromatic carbocycles. The Morgan fingerprint density at radius 2 is 1.83 bits per heavy atom. The summed E-state index contributed by atoms with van der Waals surface area (Å²) in [5.74, 6) is -1.35. The number of aromatic nitrogens is 4. The Labute approximate surface area is 138 Å². The van der Waals surface area contributed by atoms with Gasteiger partial charge in [0.1, 0.15) is 5.03 Å². The molecule has 0 saturated carbocycles. The summed E-state index contributed by atoms with van der Waals surface area (Å²) in [6, 6.07) is 9.85. The standard InChI is InChI=1S/C14H10F3N5OS/c1-8(23)18-9-2-4-10(5-3-9)24-12-7-6-11-19-20-13(14(15,16)17)22(11)21-12/h2-7H,1H3,(H,18,23). The maximum absolute atomic E-state index is 12.9. The second-order valence-electron chi connectivity index (χ2n) is 4.77. The fourth-order valence-corrected chi connectivity index (χ4v) is 2.71. The first-order chi connectivity index (χ1) is 11.3. The molecule has 0 radical (unpaired) electrons. The van der Waals surface area contributed by atoms with Crippen LogP contribution in [-0.4, -0.2) is 25.7 Å². The highest BCUT2D eigenvalue weighted by Crippen LogP contribution is 2.30. The lowest BCUT2D eigenvalue weighted by Crippen LogP contribution is -2.12. The molecule has 0 bridgehead atoms. The van der Waals surface area contributed by atoms with E-state index in [1.165, 1.54) is 24.8 Å². The Hall–Kier alpha value is -2.62. The summed E-state index contributed by atoms with van der Waals surface area (Å²) in [4.78, 5) is 11.7. The third-order valence-corrected chi connectivity index (χ3v) is 3.82. The van der Waals surface area contributed by atoms with Gasteiger partial charge in [0, 0.05) is 17.5 Å². The lowest BCUT2D eigenvalue weighted by atomic mass is 10.3. The molecule has 3 rings (SSSR count). The monoisotopic (exact) mass is 353 g/mol. The summed E-state index contributed by atoms with van der Waals surface area (Å²) >= 11 is 1.19. The van der Waals surface area contributed by atoms with Crippen molar-refractivity contribution in [3.05, 3.63) is 42.2 Å². The first-order valence-corrected chi connectivity index (χ1v) is 7.50. The van der Waals surface area contributed by atoms with E-state index in [1.54, 1.807) is 30.3 Å². The molecule has 0 aliphatic carbocycles. The number of carbonyl (C=O) groups is 1. The van der Waals surface area contributed by atoms with Crippen LogP contribution in [0.3, 0.4) is 0 Å². The number of nitrogens with zero attached hydrogens (tertiary/aromatic N) is 4. The summed E-state index contributed by atoms with van der Waals surface area (Å²) in [7, 11) is 0. The molecule has 0 saturated heterocycles. The minimum absolute atomic E-state index is 0.0210. The quantitative estimate of drug-likeness (QED) is 0.783. The molecule has 24 heavy (non-hydrogen) atoms. The highest BCUT2D eigenvalue weighted by Gasteiger charge is 2.37. The number of hydrogen-bond acceptors (Lipinski definition) is 5. The minimum Gasteiger partial charge on any atom is -0.326 e. The van der Waals surface area contributed by atoms with Gasteiger partial charge in [0.05, 0.1) is 0 Å². The van der Waals surface area contributed by atoms with E-state index in [4.69, 9.17) is 0 Å². The fourth-order valence-electron chi connectivity index (χ4n) is 1.93. The summed E-state index contributed by atoms with van der Waals surface area (Å²) in [6.45, 7) is 1.40. The first-order valence-electron chi connectivity index (χ1n) is 6.68. The number of alkyl halides is 3. The molecule has 2 aromatic heterocycles. The normalized spacial score (nSPS) is 11.7. The van der Waals surface area contributed by atoms with Crippen LogP contribution in [0.4, 0.5) is 18.9 Å². The van der Waals surface area contributed by atoms with Crippen LogP contribution < -0.4 is 5.32 Å². The van der Waals surface area contributed by atoms with Crippen LogP contribution in [0.25, 0.3) is 5.65 Å². The van der Waals surface area contributed by atoms with Gasteiger partial charge in [0.15, 0.2) is 5.65 Å². The van der Waals surface area contributed by atoms with E-state index in [0.717, 1.165) is 4.90 Å². The van der Waals surface area contributed by atoms with Crippen molar-refractivity contribution in [2.45, 2.75) is 23.0 Å². The molecule has 0 fully saturated rings. The number of carbonyl (C=O) groups excluding carboxylic acids is 1. The van der Waals surface area contributed by atoms with Gasteiger partial charge in [-0.3, -0.25) is 4.79 Å². The van der Waals surface area contributed by atoms with E-state index in [0.29, 0.717) is 15.2 Å². The Kier molecular flexibility index (Phi) is 4.14. The van der Waals surface area contributed by atoms with E-state index >= 15 is 0 Å². The van der Waals surface area contributed by atoms with Crippen molar-refractivity contribution in [2.75, 3.05) is 5.32 Å². The van der Waals surface area contributed by atoms with Crippen molar-refractivity contribution in [1.29, 1.82) is 0 Å². The molecule has 0 atom stereocenters. The number of halogens is 3. The Bertz CT molecular complexity index is 892. The predicted molar refractivity (Wildman–Crippen MR) is 80.7 cm³/mol. The smallest absolute Gasteiger partial charge is 0.326 e. The molecule has 124 valence electrons. The lowest BCUT2D eigenvalue weighted by molar-refractivity contribution is -0.146. The van der Waals surface area contributed by atoms with Crippen molar-refractivity contribution >= 4 is 29.0 Å². The molecular formula is C14H10F3N5OS. The van der Waals surface area contributed by atoms with Crippen LogP contribution in [0.15, 0.2) is 46.3 Å². The lowest BCUT2D eigenvalue weighted by Gasteiger charge is -2.06. The van der Waals surface area contributed by atoms with Gasteiger partial charge >= 0.3 is 6.18 Å². The maximum Gasteiger partial charge on any atom is 0.453 e. The van der Waals surface area contributed by atoms with E-state index < -0.39 is 12.0 Å². The first kappa shape index (κ1) is 16.2. The zero-order chi connectivity index (χ0) is 17.3. The third kappa shape index (κ3) is 3.48. The fraction of sp³-hybridized carbons (Fsp3) is 0.143. The van der Waals surface area contributed by atoms with Gasteiger partial charge in [-0.25, -0.2) is 0 Å². The zero-order valence-electron chi connectivity index (χ0n) is 12.2. The molecule has 1 amide bonds. The molecule has 0 aliphatic rings. The average molecular weight is 353 g/mol. The number of amides is 1. The number of fused-ring (bicyclic) bond motifs is 1. The van der Waals surface area contributed by atoms with Crippen LogP contribution in [0.5, 0.6) is 0 Å². The van der Waals surface area contributed by atoms with Gasteiger partial charge in [0.25, 0.3) is 5.82 Å². The van der Waals surface area contributed by atoms with Gasteiger partial charge < -0.3 is 5.32 Å². The highest BCUT2D eigenvalue weighted by atomic mass is 32.2. The Balaban J connectivity index is 1.86. The third-order valence-electron chi connectivity index (χ3n) is 2.89. The van der Waals surface area contributed by atoms with Crippen LogP contribution >= 0.6 is 11.8 Å². The van der Waals surface area contributed by atoms with Gasteiger partial charge in [0.2, 0.25) is 5.91 Å². The molecule has 1 N–H and O–H groups in total. The van der Waals surface area contributed by atoms with Crippen LogP contribution in [0, 0.1) is 0 Å². The number of rotatable bonds is 3. The highest BCUT2D eigenvalue weighted by molar-refractivity contribution is 7.99. The number of benzene rings is 1. The van der Waals surface area contributed by atoms with Crippen molar-refractivity contribution in [3.8, 4) is 0 Å². The summed E-state index contributed by atoms with van der Waals surface area (Å²) < 4.78 is 39.2. The van der Waals surface area contributed by atoms with Crippen LogP contribution in [0.1, 0.15) is 12.7 Å². The molecular weight excluding hydrogens is 343 g/mol. The van der Waals surface area contributed by atoms with Crippen molar-refractivity contribution in [3.63, 3.8) is 0 Å². The molecule has 0 aliphatic heterocycles. The summed E-state index contributed by atoms with van der Waals surface area (Å²) in [5, 5.41) is 13.5. The van der Waals surface area contributed by atoms with Gasteiger partial charge in [-0.15, -0.1) is 10.2 Å². The van der Waals surface area contributed by atoms with Gasteiger partial charge in [-0.2, -0.15) is 22.8 Å². The summed E-state index contributed by atoms with van der Waals surface area (Å²) in [6.07, 6.45) is -4.63. The molecule has 6 nitrogen and oxygen atoms in total. The van der Waals surface area contributed by atoms with E-state index in [-0.39, 0.29) is 11.6 Å². The SMILES string of the molecule is CC(=O)Nc1ccc(Sc2ccc3nnc(C(F)(F)F)n3n2)cc1. The molecule has 2 heterocycles. The number of nitrogens with one attached hydrogen (secondary N) is 1. The second kappa shape index (κ2) is 6.11. The van der Waals surface area contributed by atoms with Crippen molar-refractivity contribution in [2.24, 2.45) is 0 Å². The maximum atomic E-state index is 12.9. The van der Waals surface area contributed by atoms with E-state index in [1.807, 2.05) is 0 Å². The van der Waals surface area contributed by atoms with Gasteiger partial charge in [-0.05, 0) is 36.4 Å². The van der Waals surface area contributed by atoms with Crippen molar-refractivity contribution in [1.82, 2.24) is 19.8 Å². The number of hydrogen-bond donors (Lipinski definition) is 1. The Morgan fingerprint density at radius 3 is 2.46 bits per heavy atom. The van der Waals surface area contributed by atoms with Crippen LogP contribution in [-0.2, 0) is 11.0 Å². The Morgan fingerprint density at radius 1 is 1.12 bits per heavy atom. The topological polar surface area (TPSA) is 72.2 Å². The number of anilines is 1. The predicted octanol–water partition coefficient (Wildman–Crippen LogP) is 3.25. The average Bonchev–Trinajstić information content (AvgIpc) is 2.92. The molecule has 10 heteroatoms. The van der Waals surface area contributed by atoms with Crippen molar-refractivity contribution < 1.29 is 18.0 Å². The largest absolute Gasteiger partial charge is 0.453 e.